The van der Waals surface area contributed by atoms with Crippen molar-refractivity contribution in [2.24, 2.45) is 0 Å². The molecule has 6 heteroatoms. The average Bonchev–Trinajstić information content (AvgIpc) is 2.91. The van der Waals surface area contributed by atoms with Gasteiger partial charge in [-0.2, -0.15) is 4.68 Å². The summed E-state index contributed by atoms with van der Waals surface area (Å²) in [5.41, 5.74) is 10.6. The summed E-state index contributed by atoms with van der Waals surface area (Å²) in [6.45, 7) is 4.03. The molecule has 0 saturated heterocycles. The number of halogens is 1. The second-order valence-electron chi connectivity index (χ2n) is 4.90. The first-order chi connectivity index (χ1) is 10.1. The topological polar surface area (TPSA) is 69.6 Å². The minimum Gasteiger partial charge on any atom is -0.399 e. The van der Waals surface area contributed by atoms with Gasteiger partial charge in [0.2, 0.25) is 0 Å². The molecule has 0 bridgehead atoms. The Balaban J connectivity index is 2.20. The second kappa shape index (κ2) is 5.29. The maximum Gasteiger partial charge on any atom is 0.187 e. The van der Waals surface area contributed by atoms with Crippen molar-refractivity contribution >= 4 is 21.6 Å². The summed E-state index contributed by atoms with van der Waals surface area (Å²) in [6, 6.07) is 11.7. The average molecular weight is 344 g/mol. The van der Waals surface area contributed by atoms with Gasteiger partial charge >= 0.3 is 0 Å². The standard InChI is InChI=1S/C15H14BrN5/c1-9-4-3-5-13(14(9)16)21-15(18-19-20-21)12-7-6-11(17)8-10(12)2/h3-8H,17H2,1-2H3. The molecule has 0 atom stereocenters. The normalized spacial score (nSPS) is 10.8. The predicted molar refractivity (Wildman–Crippen MR) is 86.2 cm³/mol. The maximum absolute atomic E-state index is 5.81. The molecule has 0 aliphatic carbocycles. The third-order valence-electron chi connectivity index (χ3n) is 3.36. The highest BCUT2D eigenvalue weighted by molar-refractivity contribution is 9.10. The number of benzene rings is 2. The molecule has 5 nitrogen and oxygen atoms in total. The summed E-state index contributed by atoms with van der Waals surface area (Å²) < 4.78 is 2.71. The Hall–Kier alpha value is -2.21. The number of rotatable bonds is 2. The molecule has 0 unspecified atom stereocenters. The number of aryl methyl sites for hydroxylation is 2. The summed E-state index contributed by atoms with van der Waals surface area (Å²) in [5.74, 6) is 0.693. The van der Waals surface area contributed by atoms with Crippen LogP contribution in [0.3, 0.4) is 0 Å². The van der Waals surface area contributed by atoms with Crippen LogP contribution >= 0.6 is 15.9 Å². The van der Waals surface area contributed by atoms with Crippen LogP contribution in [0, 0.1) is 13.8 Å². The van der Waals surface area contributed by atoms with Crippen molar-refractivity contribution in [3.05, 3.63) is 52.0 Å². The van der Waals surface area contributed by atoms with Gasteiger partial charge in [0.15, 0.2) is 5.82 Å². The van der Waals surface area contributed by atoms with Crippen molar-refractivity contribution in [3.8, 4) is 17.1 Å². The lowest BCUT2D eigenvalue weighted by molar-refractivity contribution is 0.788. The summed E-state index contributed by atoms with van der Waals surface area (Å²) in [5, 5.41) is 12.1. The van der Waals surface area contributed by atoms with Crippen LogP contribution < -0.4 is 5.73 Å². The van der Waals surface area contributed by atoms with E-state index in [1.165, 1.54) is 0 Å². The van der Waals surface area contributed by atoms with Gasteiger partial charge in [0.25, 0.3) is 0 Å². The summed E-state index contributed by atoms with van der Waals surface area (Å²) >= 11 is 3.60. The first-order valence-corrected chi connectivity index (χ1v) is 7.27. The molecule has 0 amide bonds. The number of tetrazole rings is 1. The Labute approximate surface area is 130 Å². The van der Waals surface area contributed by atoms with Gasteiger partial charge in [0.05, 0.1) is 5.69 Å². The fourth-order valence-corrected chi connectivity index (χ4v) is 2.68. The van der Waals surface area contributed by atoms with E-state index in [0.717, 1.165) is 32.5 Å². The van der Waals surface area contributed by atoms with Gasteiger partial charge in [-0.05, 0) is 75.6 Å². The second-order valence-corrected chi connectivity index (χ2v) is 5.69. The molecule has 1 aromatic heterocycles. The van der Waals surface area contributed by atoms with Crippen LogP contribution in [0.25, 0.3) is 17.1 Å². The van der Waals surface area contributed by atoms with E-state index in [1.807, 2.05) is 50.2 Å². The summed E-state index contributed by atoms with van der Waals surface area (Å²) in [6.07, 6.45) is 0. The fourth-order valence-electron chi connectivity index (χ4n) is 2.25. The first kappa shape index (κ1) is 13.8. The Morgan fingerprint density at radius 2 is 1.90 bits per heavy atom. The van der Waals surface area contributed by atoms with Gasteiger partial charge in [-0.15, -0.1) is 5.10 Å². The highest BCUT2D eigenvalue weighted by Gasteiger charge is 2.15. The van der Waals surface area contributed by atoms with Gasteiger partial charge in [-0.25, -0.2) is 0 Å². The van der Waals surface area contributed by atoms with E-state index in [9.17, 15) is 0 Å². The van der Waals surface area contributed by atoms with Gasteiger partial charge in [0.1, 0.15) is 0 Å². The first-order valence-electron chi connectivity index (χ1n) is 6.48. The van der Waals surface area contributed by atoms with Crippen molar-refractivity contribution in [2.75, 3.05) is 5.73 Å². The lowest BCUT2D eigenvalue weighted by atomic mass is 10.1. The van der Waals surface area contributed by atoms with Gasteiger partial charge in [0, 0.05) is 15.7 Å². The summed E-state index contributed by atoms with van der Waals surface area (Å²) in [4.78, 5) is 0. The third-order valence-corrected chi connectivity index (χ3v) is 4.39. The quantitative estimate of drug-likeness (QED) is 0.725. The zero-order valence-corrected chi connectivity index (χ0v) is 13.3. The van der Waals surface area contributed by atoms with Crippen LogP contribution in [-0.4, -0.2) is 20.2 Å². The van der Waals surface area contributed by atoms with Crippen LogP contribution in [0.1, 0.15) is 11.1 Å². The number of nitrogen functional groups attached to an aromatic ring is 1. The van der Waals surface area contributed by atoms with E-state index >= 15 is 0 Å². The number of nitrogens with zero attached hydrogens (tertiary/aromatic N) is 4. The van der Waals surface area contributed by atoms with Crippen molar-refractivity contribution in [1.29, 1.82) is 0 Å². The molecule has 2 aromatic carbocycles. The predicted octanol–water partition coefficient (Wildman–Crippen LogP) is 3.29. The maximum atomic E-state index is 5.81. The molecule has 0 aliphatic heterocycles. The smallest absolute Gasteiger partial charge is 0.187 e. The van der Waals surface area contributed by atoms with E-state index < -0.39 is 0 Å². The number of nitrogens with two attached hydrogens (primary N) is 1. The molecule has 0 aliphatic rings. The van der Waals surface area contributed by atoms with Gasteiger partial charge in [-0.1, -0.05) is 12.1 Å². The molecular weight excluding hydrogens is 330 g/mol. The minimum absolute atomic E-state index is 0.693. The Bertz CT molecular complexity index is 810. The van der Waals surface area contributed by atoms with Crippen LogP contribution in [0.5, 0.6) is 0 Å². The van der Waals surface area contributed by atoms with E-state index in [1.54, 1.807) is 4.68 Å². The molecule has 0 fully saturated rings. The molecule has 3 rings (SSSR count). The summed E-state index contributed by atoms with van der Waals surface area (Å²) in [7, 11) is 0. The SMILES string of the molecule is Cc1cc(N)ccc1-c1nnnn1-c1cccc(C)c1Br. The molecule has 0 spiro atoms. The third kappa shape index (κ3) is 2.42. The van der Waals surface area contributed by atoms with E-state index in [2.05, 4.69) is 31.5 Å². The molecule has 1 heterocycles. The number of aromatic nitrogens is 4. The molecule has 0 radical (unpaired) electrons. The number of hydrogen-bond donors (Lipinski definition) is 1. The van der Waals surface area contributed by atoms with Crippen molar-refractivity contribution in [2.45, 2.75) is 13.8 Å². The van der Waals surface area contributed by atoms with Crippen LogP contribution in [0.15, 0.2) is 40.9 Å². The molecule has 106 valence electrons. The van der Waals surface area contributed by atoms with Crippen LogP contribution in [0.2, 0.25) is 0 Å². The van der Waals surface area contributed by atoms with Crippen molar-refractivity contribution < 1.29 is 0 Å². The van der Waals surface area contributed by atoms with Gasteiger partial charge < -0.3 is 5.73 Å². The van der Waals surface area contributed by atoms with Crippen LogP contribution in [-0.2, 0) is 0 Å². The minimum atomic E-state index is 0.693. The monoisotopic (exact) mass is 343 g/mol. The van der Waals surface area contributed by atoms with Crippen molar-refractivity contribution in [3.63, 3.8) is 0 Å². The van der Waals surface area contributed by atoms with Crippen molar-refractivity contribution in [1.82, 2.24) is 20.2 Å². The molecular formula is C15H14BrN5. The number of hydrogen-bond acceptors (Lipinski definition) is 4. The van der Waals surface area contributed by atoms with E-state index in [-0.39, 0.29) is 0 Å². The van der Waals surface area contributed by atoms with E-state index in [4.69, 9.17) is 5.73 Å². The number of anilines is 1. The largest absolute Gasteiger partial charge is 0.399 e. The lowest BCUT2D eigenvalue weighted by Gasteiger charge is -2.10. The van der Waals surface area contributed by atoms with Crippen LogP contribution in [0.4, 0.5) is 5.69 Å². The molecule has 2 N–H and O–H groups in total. The van der Waals surface area contributed by atoms with E-state index in [0.29, 0.717) is 5.82 Å². The lowest BCUT2D eigenvalue weighted by Crippen LogP contribution is -2.02. The fraction of sp³-hybridized carbons (Fsp3) is 0.133. The Morgan fingerprint density at radius 3 is 2.67 bits per heavy atom. The Morgan fingerprint density at radius 1 is 1.10 bits per heavy atom. The molecule has 3 aromatic rings. The molecule has 0 saturated carbocycles. The molecule has 21 heavy (non-hydrogen) atoms. The Kier molecular flexibility index (Phi) is 3.47. The van der Waals surface area contributed by atoms with Gasteiger partial charge in [-0.3, -0.25) is 0 Å². The highest BCUT2D eigenvalue weighted by atomic mass is 79.9. The zero-order valence-electron chi connectivity index (χ0n) is 11.7. The highest BCUT2D eigenvalue weighted by Crippen LogP contribution is 2.29. The zero-order chi connectivity index (χ0) is 15.0.